The maximum atomic E-state index is 10.3. The maximum absolute atomic E-state index is 10.3. The van der Waals surface area contributed by atoms with Crippen molar-refractivity contribution in [2.45, 2.75) is 6.04 Å². The van der Waals surface area contributed by atoms with E-state index in [0.717, 1.165) is 4.43 Å². The average Bonchev–Trinajstić information content (AvgIpc) is 2.14. The molecular formula is C4H6INO2. The highest BCUT2D eigenvalue weighted by Gasteiger charge is 2.19. The molecule has 1 saturated heterocycles. The minimum atomic E-state index is -0.285. The summed E-state index contributed by atoms with van der Waals surface area (Å²) in [5.41, 5.74) is 0. The van der Waals surface area contributed by atoms with Crippen LogP contribution in [0.25, 0.3) is 0 Å². The van der Waals surface area contributed by atoms with E-state index in [1.54, 1.807) is 0 Å². The smallest absolute Gasteiger partial charge is 0.407 e. The van der Waals surface area contributed by atoms with Gasteiger partial charge in [0.25, 0.3) is 0 Å². The lowest BCUT2D eigenvalue weighted by Gasteiger charge is -1.96. The van der Waals surface area contributed by atoms with Gasteiger partial charge in [0.15, 0.2) is 0 Å². The number of ether oxygens (including phenoxy) is 1. The molecule has 3 nitrogen and oxygen atoms in total. The molecule has 0 saturated carbocycles. The van der Waals surface area contributed by atoms with Crippen molar-refractivity contribution in [1.29, 1.82) is 0 Å². The van der Waals surface area contributed by atoms with E-state index in [1.165, 1.54) is 0 Å². The lowest BCUT2D eigenvalue weighted by Crippen LogP contribution is -2.26. The average molecular weight is 227 g/mol. The highest BCUT2D eigenvalue weighted by atomic mass is 127. The maximum Gasteiger partial charge on any atom is 0.407 e. The van der Waals surface area contributed by atoms with Crippen molar-refractivity contribution in [3.8, 4) is 0 Å². The van der Waals surface area contributed by atoms with E-state index in [1.807, 2.05) is 0 Å². The molecule has 8 heavy (non-hydrogen) atoms. The minimum absolute atomic E-state index is 0.239. The summed E-state index contributed by atoms with van der Waals surface area (Å²) >= 11 is 2.20. The molecule has 1 heterocycles. The second-order valence-electron chi connectivity index (χ2n) is 1.59. The molecule has 1 atom stereocenters. The van der Waals surface area contributed by atoms with Crippen LogP contribution < -0.4 is 5.32 Å². The summed E-state index contributed by atoms with van der Waals surface area (Å²) < 4.78 is 5.52. The van der Waals surface area contributed by atoms with Gasteiger partial charge >= 0.3 is 6.09 Å². The van der Waals surface area contributed by atoms with Crippen LogP contribution in [0.15, 0.2) is 0 Å². The number of carbonyl (C=O) groups is 1. The summed E-state index contributed by atoms with van der Waals surface area (Å²) in [7, 11) is 0. The molecular weight excluding hydrogens is 221 g/mol. The molecule has 0 radical (unpaired) electrons. The van der Waals surface area contributed by atoms with Crippen LogP contribution in [0, 0.1) is 0 Å². The zero-order valence-electron chi connectivity index (χ0n) is 4.19. The molecule has 1 N–H and O–H groups in total. The summed E-state index contributed by atoms with van der Waals surface area (Å²) in [6.45, 7) is 0.530. The van der Waals surface area contributed by atoms with E-state index < -0.39 is 0 Å². The monoisotopic (exact) mass is 227 g/mol. The molecule has 4 heteroatoms. The number of hydrogen-bond acceptors (Lipinski definition) is 2. The Morgan fingerprint density at radius 2 is 2.75 bits per heavy atom. The van der Waals surface area contributed by atoms with Crippen LogP contribution in [0.3, 0.4) is 0 Å². The lowest BCUT2D eigenvalue weighted by molar-refractivity contribution is 0.177. The Balaban J connectivity index is 2.32. The molecule has 1 rings (SSSR count). The van der Waals surface area contributed by atoms with Crippen molar-refractivity contribution < 1.29 is 9.53 Å². The summed E-state index contributed by atoms with van der Waals surface area (Å²) in [5.74, 6) is 0. The Morgan fingerprint density at radius 3 is 3.00 bits per heavy atom. The van der Waals surface area contributed by atoms with Gasteiger partial charge < -0.3 is 10.1 Å². The molecule has 1 amide bonds. The first-order valence-corrected chi connectivity index (χ1v) is 3.84. The SMILES string of the molecule is O=C1N[C@H](CI)CO1. The van der Waals surface area contributed by atoms with E-state index in [9.17, 15) is 4.79 Å². The van der Waals surface area contributed by atoms with Crippen molar-refractivity contribution in [3.05, 3.63) is 0 Å². The molecule has 1 aliphatic heterocycles. The number of alkyl halides is 1. The van der Waals surface area contributed by atoms with Gasteiger partial charge in [0.2, 0.25) is 0 Å². The van der Waals surface area contributed by atoms with Crippen molar-refractivity contribution in [2.24, 2.45) is 0 Å². The first-order chi connectivity index (χ1) is 3.83. The van der Waals surface area contributed by atoms with Crippen molar-refractivity contribution in [3.63, 3.8) is 0 Å². The van der Waals surface area contributed by atoms with Gasteiger partial charge in [-0.05, 0) is 0 Å². The zero-order chi connectivity index (χ0) is 5.98. The Hall–Kier alpha value is -0.0000000000000000555. The summed E-state index contributed by atoms with van der Waals surface area (Å²) in [6.07, 6.45) is -0.285. The summed E-state index contributed by atoms with van der Waals surface area (Å²) in [5, 5.41) is 2.63. The Bertz CT molecular complexity index is 106. The number of halogens is 1. The van der Waals surface area contributed by atoms with Gasteiger partial charge in [-0.3, -0.25) is 0 Å². The zero-order valence-corrected chi connectivity index (χ0v) is 6.34. The quantitative estimate of drug-likeness (QED) is 0.524. The Kier molecular flexibility index (Phi) is 1.93. The van der Waals surface area contributed by atoms with Crippen molar-refractivity contribution >= 4 is 28.7 Å². The van der Waals surface area contributed by atoms with Gasteiger partial charge in [-0.25, -0.2) is 4.79 Å². The van der Waals surface area contributed by atoms with Gasteiger partial charge in [-0.15, -0.1) is 0 Å². The molecule has 1 aliphatic rings. The van der Waals surface area contributed by atoms with E-state index in [4.69, 9.17) is 0 Å². The fourth-order valence-corrected chi connectivity index (χ4v) is 0.984. The van der Waals surface area contributed by atoms with Gasteiger partial charge in [0.1, 0.15) is 6.61 Å². The number of carbonyl (C=O) groups excluding carboxylic acids is 1. The third-order valence-corrected chi connectivity index (χ3v) is 1.99. The normalized spacial score (nSPS) is 27.1. The second-order valence-corrected chi connectivity index (χ2v) is 2.47. The van der Waals surface area contributed by atoms with Crippen LogP contribution in [0.1, 0.15) is 0 Å². The van der Waals surface area contributed by atoms with E-state index >= 15 is 0 Å². The first-order valence-electron chi connectivity index (χ1n) is 2.32. The highest BCUT2D eigenvalue weighted by molar-refractivity contribution is 14.1. The first kappa shape index (κ1) is 6.12. The molecule has 0 unspecified atom stereocenters. The lowest BCUT2D eigenvalue weighted by atomic mass is 10.4. The topological polar surface area (TPSA) is 38.3 Å². The Labute approximate surface area is 60.9 Å². The van der Waals surface area contributed by atoms with Crippen LogP contribution in [0.2, 0.25) is 0 Å². The largest absolute Gasteiger partial charge is 0.447 e. The highest BCUT2D eigenvalue weighted by Crippen LogP contribution is 1.99. The molecule has 1 fully saturated rings. The molecule has 46 valence electrons. The number of hydrogen-bond donors (Lipinski definition) is 1. The van der Waals surface area contributed by atoms with Crippen molar-refractivity contribution in [1.82, 2.24) is 5.32 Å². The minimum Gasteiger partial charge on any atom is -0.447 e. The predicted molar refractivity (Wildman–Crippen MR) is 37.2 cm³/mol. The third-order valence-electron chi connectivity index (χ3n) is 0.924. The number of nitrogens with one attached hydrogen (secondary N) is 1. The third kappa shape index (κ3) is 1.24. The molecule has 0 aromatic heterocycles. The van der Waals surface area contributed by atoms with Gasteiger partial charge in [0, 0.05) is 4.43 Å². The fourth-order valence-electron chi connectivity index (χ4n) is 0.509. The second kappa shape index (κ2) is 2.52. The summed E-state index contributed by atoms with van der Waals surface area (Å²) in [6, 6.07) is 0.239. The van der Waals surface area contributed by atoms with Gasteiger partial charge in [-0.1, -0.05) is 22.6 Å². The van der Waals surface area contributed by atoms with Crippen LogP contribution in [0.5, 0.6) is 0 Å². The van der Waals surface area contributed by atoms with E-state index in [0.29, 0.717) is 6.61 Å². The molecule has 0 aromatic carbocycles. The van der Waals surface area contributed by atoms with Crippen LogP contribution in [-0.2, 0) is 4.74 Å². The standard InChI is InChI=1S/C4H6INO2/c5-1-3-2-8-4(7)6-3/h3H,1-2H2,(H,6,7)/t3-/m1/s1. The number of alkyl carbamates (subject to hydrolysis) is 1. The van der Waals surface area contributed by atoms with Crippen molar-refractivity contribution in [2.75, 3.05) is 11.0 Å². The molecule has 0 aromatic rings. The predicted octanol–water partition coefficient (Wildman–Crippen LogP) is 0.530. The summed E-state index contributed by atoms with van der Waals surface area (Å²) in [4.78, 5) is 10.3. The van der Waals surface area contributed by atoms with E-state index in [2.05, 4.69) is 32.6 Å². The van der Waals surface area contributed by atoms with Gasteiger partial charge in [-0.2, -0.15) is 0 Å². The van der Waals surface area contributed by atoms with Crippen LogP contribution in [-0.4, -0.2) is 23.2 Å². The fraction of sp³-hybridized carbons (Fsp3) is 0.750. The number of amides is 1. The number of cyclic esters (lactones) is 1. The van der Waals surface area contributed by atoms with E-state index in [-0.39, 0.29) is 12.1 Å². The van der Waals surface area contributed by atoms with Gasteiger partial charge in [0.05, 0.1) is 6.04 Å². The van der Waals surface area contributed by atoms with Crippen LogP contribution in [0.4, 0.5) is 4.79 Å². The molecule has 0 spiro atoms. The Morgan fingerprint density at radius 1 is 2.00 bits per heavy atom. The molecule has 0 bridgehead atoms. The van der Waals surface area contributed by atoms with Crippen LogP contribution >= 0.6 is 22.6 Å². The molecule has 0 aliphatic carbocycles. The number of rotatable bonds is 1.